The molecule has 2 N–H and O–H groups in total. The van der Waals surface area contributed by atoms with Crippen LogP contribution >= 0.6 is 0 Å². The lowest BCUT2D eigenvalue weighted by Gasteiger charge is -2.20. The van der Waals surface area contributed by atoms with E-state index in [9.17, 15) is 4.79 Å². The van der Waals surface area contributed by atoms with E-state index in [1.165, 1.54) is 38.5 Å². The van der Waals surface area contributed by atoms with E-state index < -0.39 is 12.0 Å². The second kappa shape index (κ2) is 6.83. The number of carboxylic acids is 1. The molecule has 1 fully saturated rings. The minimum absolute atomic E-state index is 0.407. The Labute approximate surface area is 92.3 Å². The molecule has 0 aromatic rings. The average Bonchev–Trinajstić information content (AvgIpc) is 2.31. The Balaban J connectivity index is 2.32. The van der Waals surface area contributed by atoms with Crippen LogP contribution in [-0.2, 0) is 4.79 Å². The summed E-state index contributed by atoms with van der Waals surface area (Å²) in [4.78, 5) is 10.7. The van der Waals surface area contributed by atoms with Crippen LogP contribution in [0.4, 0.5) is 0 Å². The number of nitrogens with one attached hydrogen (secondary N) is 1. The van der Waals surface area contributed by atoms with Crippen LogP contribution in [0.25, 0.3) is 0 Å². The molecule has 0 heterocycles. The summed E-state index contributed by atoms with van der Waals surface area (Å²) in [5.74, 6) is -0.741. The molecule has 88 valence electrons. The quantitative estimate of drug-likeness (QED) is 0.757. The molecular weight excluding hydrogens is 190 g/mol. The molecule has 3 heteroatoms. The first-order valence-electron chi connectivity index (χ1n) is 6.19. The third kappa shape index (κ3) is 5.17. The van der Waals surface area contributed by atoms with E-state index in [2.05, 4.69) is 5.32 Å². The van der Waals surface area contributed by atoms with Crippen molar-refractivity contribution in [2.75, 3.05) is 0 Å². The van der Waals surface area contributed by atoms with Crippen LogP contribution in [0.15, 0.2) is 0 Å². The zero-order chi connectivity index (χ0) is 11.1. The van der Waals surface area contributed by atoms with Gasteiger partial charge in [0.25, 0.3) is 0 Å². The Hall–Kier alpha value is -0.570. The van der Waals surface area contributed by atoms with Gasteiger partial charge >= 0.3 is 5.97 Å². The summed E-state index contributed by atoms with van der Waals surface area (Å²) in [6, 6.07) is 0.00459. The van der Waals surface area contributed by atoms with Crippen LogP contribution in [0.5, 0.6) is 0 Å². The first-order valence-corrected chi connectivity index (χ1v) is 6.19. The molecule has 15 heavy (non-hydrogen) atoms. The standard InChI is InChI=1S/C12H23NO2/c1-10(12(14)15)13-11-8-6-4-2-3-5-7-9-11/h10-11,13H,2-9H2,1H3,(H,14,15)/t10-/m0/s1. The molecule has 3 nitrogen and oxygen atoms in total. The average molecular weight is 213 g/mol. The van der Waals surface area contributed by atoms with E-state index in [-0.39, 0.29) is 0 Å². The summed E-state index contributed by atoms with van der Waals surface area (Å²) in [6.45, 7) is 1.73. The first-order chi connectivity index (χ1) is 7.20. The normalized spacial score (nSPS) is 22.5. The van der Waals surface area contributed by atoms with Gasteiger partial charge in [-0.2, -0.15) is 0 Å². The van der Waals surface area contributed by atoms with E-state index in [0.717, 1.165) is 12.8 Å². The van der Waals surface area contributed by atoms with Crippen LogP contribution in [0.1, 0.15) is 58.3 Å². The SMILES string of the molecule is C[C@H](NC1CCCCCCCC1)C(=O)O. The summed E-state index contributed by atoms with van der Waals surface area (Å²) >= 11 is 0. The molecule has 1 aliphatic carbocycles. The fourth-order valence-corrected chi connectivity index (χ4v) is 2.22. The van der Waals surface area contributed by atoms with Crippen molar-refractivity contribution in [3.63, 3.8) is 0 Å². The van der Waals surface area contributed by atoms with Gasteiger partial charge in [0.15, 0.2) is 0 Å². The smallest absolute Gasteiger partial charge is 0.320 e. The molecule has 1 atom stereocenters. The predicted molar refractivity (Wildman–Crippen MR) is 61.0 cm³/mol. The minimum atomic E-state index is -0.741. The monoisotopic (exact) mass is 213 g/mol. The zero-order valence-corrected chi connectivity index (χ0v) is 9.67. The number of rotatable bonds is 3. The Morgan fingerprint density at radius 3 is 2.07 bits per heavy atom. The maximum absolute atomic E-state index is 10.7. The molecule has 0 amide bonds. The molecule has 1 saturated carbocycles. The van der Waals surface area contributed by atoms with Gasteiger partial charge in [-0.1, -0.05) is 38.5 Å². The topological polar surface area (TPSA) is 49.3 Å². The molecule has 0 bridgehead atoms. The van der Waals surface area contributed by atoms with Gasteiger partial charge in [-0.15, -0.1) is 0 Å². The Kier molecular flexibility index (Phi) is 5.69. The molecule has 0 aromatic heterocycles. The van der Waals surface area contributed by atoms with Crippen LogP contribution in [0, 0.1) is 0 Å². The predicted octanol–water partition coefficient (Wildman–Crippen LogP) is 2.55. The molecule has 1 rings (SSSR count). The van der Waals surface area contributed by atoms with Crippen molar-refractivity contribution in [2.24, 2.45) is 0 Å². The van der Waals surface area contributed by atoms with E-state index >= 15 is 0 Å². The third-order valence-corrected chi connectivity index (χ3v) is 3.21. The van der Waals surface area contributed by atoms with Gasteiger partial charge in [-0.25, -0.2) is 0 Å². The van der Waals surface area contributed by atoms with Crippen molar-refractivity contribution in [1.82, 2.24) is 5.32 Å². The molecule has 0 aromatic carbocycles. The number of carboxylic acid groups (broad SMARTS) is 1. The first kappa shape index (κ1) is 12.5. The van der Waals surface area contributed by atoms with Crippen LogP contribution < -0.4 is 5.32 Å². The lowest BCUT2D eigenvalue weighted by Crippen LogP contribution is -2.41. The van der Waals surface area contributed by atoms with Crippen molar-refractivity contribution in [3.8, 4) is 0 Å². The second-order valence-electron chi connectivity index (χ2n) is 4.62. The summed E-state index contributed by atoms with van der Waals surface area (Å²) in [7, 11) is 0. The third-order valence-electron chi connectivity index (χ3n) is 3.21. The largest absolute Gasteiger partial charge is 0.480 e. The summed E-state index contributed by atoms with van der Waals surface area (Å²) in [6.07, 6.45) is 10.1. The highest BCUT2D eigenvalue weighted by Crippen LogP contribution is 2.17. The minimum Gasteiger partial charge on any atom is -0.480 e. The number of hydrogen-bond acceptors (Lipinski definition) is 2. The molecule has 0 radical (unpaired) electrons. The number of carbonyl (C=O) groups is 1. The van der Waals surface area contributed by atoms with E-state index in [0.29, 0.717) is 6.04 Å². The van der Waals surface area contributed by atoms with Gasteiger partial charge in [-0.05, 0) is 19.8 Å². The fourth-order valence-electron chi connectivity index (χ4n) is 2.22. The maximum atomic E-state index is 10.7. The highest BCUT2D eigenvalue weighted by Gasteiger charge is 2.16. The Bertz CT molecular complexity index is 184. The highest BCUT2D eigenvalue weighted by atomic mass is 16.4. The lowest BCUT2D eigenvalue weighted by molar-refractivity contribution is -0.139. The molecular formula is C12H23NO2. The summed E-state index contributed by atoms with van der Waals surface area (Å²) in [5, 5.41) is 12.0. The molecule has 0 unspecified atom stereocenters. The van der Waals surface area contributed by atoms with Gasteiger partial charge in [-0.3, -0.25) is 4.79 Å². The molecule has 1 aliphatic rings. The Morgan fingerprint density at radius 2 is 1.60 bits per heavy atom. The molecule has 0 spiro atoms. The van der Waals surface area contributed by atoms with Crippen LogP contribution in [0.3, 0.4) is 0 Å². The number of aliphatic carboxylic acids is 1. The van der Waals surface area contributed by atoms with Crippen LogP contribution in [-0.4, -0.2) is 23.2 Å². The van der Waals surface area contributed by atoms with Crippen LogP contribution in [0.2, 0.25) is 0 Å². The summed E-state index contributed by atoms with van der Waals surface area (Å²) < 4.78 is 0. The van der Waals surface area contributed by atoms with E-state index in [4.69, 9.17) is 5.11 Å². The van der Waals surface area contributed by atoms with Gasteiger partial charge in [0.1, 0.15) is 6.04 Å². The molecule has 0 aliphatic heterocycles. The lowest BCUT2D eigenvalue weighted by atomic mass is 10.0. The fraction of sp³-hybridized carbons (Fsp3) is 0.917. The molecule has 0 saturated heterocycles. The van der Waals surface area contributed by atoms with Gasteiger partial charge < -0.3 is 10.4 Å². The zero-order valence-electron chi connectivity index (χ0n) is 9.67. The van der Waals surface area contributed by atoms with E-state index in [1.54, 1.807) is 6.92 Å². The van der Waals surface area contributed by atoms with Gasteiger partial charge in [0.05, 0.1) is 0 Å². The van der Waals surface area contributed by atoms with Crippen molar-refractivity contribution < 1.29 is 9.90 Å². The van der Waals surface area contributed by atoms with E-state index in [1.807, 2.05) is 0 Å². The van der Waals surface area contributed by atoms with Crippen molar-refractivity contribution in [1.29, 1.82) is 0 Å². The van der Waals surface area contributed by atoms with Crippen molar-refractivity contribution >= 4 is 5.97 Å². The highest BCUT2D eigenvalue weighted by molar-refractivity contribution is 5.72. The van der Waals surface area contributed by atoms with Crippen molar-refractivity contribution in [2.45, 2.75) is 70.4 Å². The Morgan fingerprint density at radius 1 is 1.13 bits per heavy atom. The van der Waals surface area contributed by atoms with Gasteiger partial charge in [0, 0.05) is 6.04 Å². The second-order valence-corrected chi connectivity index (χ2v) is 4.62. The van der Waals surface area contributed by atoms with Gasteiger partial charge in [0.2, 0.25) is 0 Å². The van der Waals surface area contributed by atoms with Crippen molar-refractivity contribution in [3.05, 3.63) is 0 Å². The maximum Gasteiger partial charge on any atom is 0.320 e. The number of hydrogen-bond donors (Lipinski definition) is 2. The summed E-state index contributed by atoms with van der Waals surface area (Å²) in [5.41, 5.74) is 0.